The molecule has 21 rings (SSSR count). The highest BCUT2D eigenvalue weighted by Crippen LogP contribution is 2.52. The molecule has 0 fully saturated rings. The average Bonchev–Trinajstić information content (AvgIpc) is 1.62. The van der Waals surface area contributed by atoms with E-state index in [1.807, 2.05) is 12.1 Å². The third kappa shape index (κ3) is 7.27. The molecule has 0 N–H and O–H groups in total. The van der Waals surface area contributed by atoms with Crippen LogP contribution in [0.4, 0.5) is 28.4 Å². The van der Waals surface area contributed by atoms with E-state index in [9.17, 15) is 0 Å². The first-order chi connectivity index (χ1) is 46.1. The molecular formula is C84H52N4O5. The fourth-order valence-electron chi connectivity index (χ4n) is 16.0. The summed E-state index contributed by atoms with van der Waals surface area (Å²) < 4.78 is 39.8. The number of fused-ring (bicyclic) bond motifs is 21. The topological polar surface area (TPSA) is 74.2 Å². The molecule has 0 amide bonds. The van der Waals surface area contributed by atoms with Gasteiger partial charge in [-0.25, -0.2) is 0 Å². The van der Waals surface area contributed by atoms with Gasteiger partial charge in [-0.2, -0.15) is 0 Å². The molecule has 9 heteroatoms. The third-order valence-electron chi connectivity index (χ3n) is 20.0. The summed E-state index contributed by atoms with van der Waals surface area (Å²) in [5, 5.41) is 10.9. The van der Waals surface area contributed by atoms with Gasteiger partial charge < -0.3 is 41.7 Å². The number of rotatable bonds is 8. The van der Waals surface area contributed by atoms with E-state index in [1.54, 1.807) is 0 Å². The Labute approximate surface area is 531 Å². The molecule has 0 bridgehead atoms. The van der Waals surface area contributed by atoms with Crippen molar-refractivity contribution in [3.05, 3.63) is 307 Å². The molecule has 7 heterocycles. The van der Waals surface area contributed by atoms with Crippen LogP contribution in [0.5, 0.6) is 11.5 Å². The smallest absolute Gasteiger partial charge is 0.159 e. The van der Waals surface area contributed by atoms with Crippen molar-refractivity contribution < 1.29 is 22.7 Å². The Balaban J connectivity index is 0.694. The van der Waals surface area contributed by atoms with Crippen LogP contribution in [0.2, 0.25) is 0 Å². The second-order valence-electron chi connectivity index (χ2n) is 24.9. The standard InChI is InChI=1S/C84H52N4O5/c1-3-19-49(20-4-1)87-67-31-11-7-23-53(67)59-27-15-33-69(81(59)87)85(71-35-17-29-61-55-25-9-13-37-73(55)92-83(61)71)51-39-41-57-63-45-79-65(47-77(63)89-75(57)43-51)66-48-78-64(46-80(66)91-79)58-42-40-52(44-76(58)90-78)86(72-36-18-30-62-56-26-10-14-38-74(56)93-84(62)72)70-34-16-28-60-54-24-8-12-32-68(54)88(82(60)70)50-21-5-2-6-22-50/h1-48,61,66,80,83H. The van der Waals surface area contributed by atoms with Gasteiger partial charge in [0.25, 0.3) is 0 Å². The number of ether oxygens (including phenoxy) is 2. The van der Waals surface area contributed by atoms with E-state index in [0.717, 1.165) is 156 Å². The summed E-state index contributed by atoms with van der Waals surface area (Å²) in [5.41, 5.74) is 19.6. The van der Waals surface area contributed by atoms with Gasteiger partial charge in [0, 0.05) is 99.9 Å². The maximum Gasteiger partial charge on any atom is 0.159 e. The van der Waals surface area contributed by atoms with Crippen LogP contribution in [0, 0.1) is 0 Å². The summed E-state index contributed by atoms with van der Waals surface area (Å²) in [6, 6.07) is 92.8. The molecule has 4 aliphatic rings. The van der Waals surface area contributed by atoms with Crippen molar-refractivity contribution in [2.45, 2.75) is 24.0 Å². The Morgan fingerprint density at radius 3 is 1.68 bits per heavy atom. The van der Waals surface area contributed by atoms with Crippen LogP contribution in [0.3, 0.4) is 0 Å². The lowest BCUT2D eigenvalue weighted by Crippen LogP contribution is -2.32. The molecule has 438 valence electrons. The highest BCUT2D eigenvalue weighted by atomic mass is 16.5. The molecule has 12 aromatic carbocycles. The Hall–Kier alpha value is -12.2. The quantitative estimate of drug-likeness (QED) is 0.150. The fourth-order valence-corrected chi connectivity index (χ4v) is 16.0. The van der Waals surface area contributed by atoms with Crippen molar-refractivity contribution in [1.82, 2.24) is 9.13 Å². The van der Waals surface area contributed by atoms with Gasteiger partial charge in [-0.15, -0.1) is 0 Å². The van der Waals surface area contributed by atoms with E-state index in [-0.39, 0.29) is 24.0 Å². The van der Waals surface area contributed by atoms with Crippen LogP contribution >= 0.6 is 0 Å². The Morgan fingerprint density at radius 2 is 0.935 bits per heavy atom. The number of anilines is 5. The van der Waals surface area contributed by atoms with E-state index in [1.165, 1.54) is 21.7 Å². The maximum atomic E-state index is 7.07. The zero-order valence-corrected chi connectivity index (χ0v) is 49.9. The summed E-state index contributed by atoms with van der Waals surface area (Å²) >= 11 is 0. The lowest BCUT2D eigenvalue weighted by Gasteiger charge is -2.34. The molecule has 4 atom stereocenters. The largest absolute Gasteiger partial charge is 0.485 e. The molecule has 17 aromatic rings. The van der Waals surface area contributed by atoms with Crippen molar-refractivity contribution in [2.75, 3.05) is 9.80 Å². The first-order valence-electron chi connectivity index (χ1n) is 31.8. The van der Waals surface area contributed by atoms with Gasteiger partial charge in [0.15, 0.2) is 5.58 Å². The fraction of sp³-hybridized carbons (Fsp3) is 0.0476. The third-order valence-corrected chi connectivity index (χ3v) is 20.0. The SMILES string of the molecule is C1=CC2c3ccccc3OC2C(N(c2ccc3c(c2)oc2cc4c(cc23)OC2C=c3c(oc5cc(N(c6cccc7c6oc6ccccc67)c6cccc7c8ccccc8n(-c8ccccc8)c67)ccc35)=CC42)c2cccc3c4ccccc4n(-c4ccccc4)c23)=C1. The van der Waals surface area contributed by atoms with Crippen molar-refractivity contribution in [2.24, 2.45) is 0 Å². The minimum atomic E-state index is -0.270. The van der Waals surface area contributed by atoms with E-state index < -0.39 is 0 Å². The molecule has 0 spiro atoms. The number of allylic oxidation sites excluding steroid dienone is 2. The number of benzene rings is 12. The molecule has 9 nitrogen and oxygen atoms in total. The lowest BCUT2D eigenvalue weighted by atomic mass is 9.89. The maximum absolute atomic E-state index is 7.07. The predicted molar refractivity (Wildman–Crippen MR) is 375 cm³/mol. The molecule has 2 aliphatic heterocycles. The molecule has 0 saturated heterocycles. The van der Waals surface area contributed by atoms with Gasteiger partial charge >= 0.3 is 0 Å². The van der Waals surface area contributed by atoms with Crippen molar-refractivity contribution in [1.29, 1.82) is 0 Å². The van der Waals surface area contributed by atoms with Crippen molar-refractivity contribution >= 4 is 139 Å². The highest BCUT2D eigenvalue weighted by molar-refractivity contribution is 6.18. The van der Waals surface area contributed by atoms with Crippen LogP contribution in [-0.4, -0.2) is 21.3 Å². The van der Waals surface area contributed by atoms with Crippen LogP contribution in [0.1, 0.15) is 23.0 Å². The first kappa shape index (κ1) is 50.6. The summed E-state index contributed by atoms with van der Waals surface area (Å²) in [6.07, 6.45) is 10.7. The zero-order valence-electron chi connectivity index (χ0n) is 49.9. The minimum absolute atomic E-state index is 0.0403. The number of hydrogen-bond donors (Lipinski definition) is 0. The van der Waals surface area contributed by atoms with Gasteiger partial charge in [-0.05, 0) is 121 Å². The number of para-hydroxylation sites is 9. The van der Waals surface area contributed by atoms with Gasteiger partial charge in [-0.1, -0.05) is 158 Å². The summed E-state index contributed by atoms with van der Waals surface area (Å²) in [4.78, 5) is 4.75. The van der Waals surface area contributed by atoms with Gasteiger partial charge in [0.1, 0.15) is 51.5 Å². The Morgan fingerprint density at radius 1 is 0.355 bits per heavy atom. The lowest BCUT2D eigenvalue weighted by molar-refractivity contribution is 0.253. The van der Waals surface area contributed by atoms with Crippen molar-refractivity contribution in [3.63, 3.8) is 0 Å². The molecule has 5 aromatic heterocycles. The molecule has 93 heavy (non-hydrogen) atoms. The highest BCUT2D eigenvalue weighted by Gasteiger charge is 2.41. The van der Waals surface area contributed by atoms with E-state index in [4.69, 9.17) is 22.7 Å². The molecule has 4 unspecified atom stereocenters. The predicted octanol–water partition coefficient (Wildman–Crippen LogP) is 20.2. The first-order valence-corrected chi connectivity index (χ1v) is 31.8. The Kier molecular flexibility index (Phi) is 10.4. The average molecular weight is 1200 g/mol. The second kappa shape index (κ2) is 19.2. The van der Waals surface area contributed by atoms with Crippen LogP contribution < -0.4 is 29.9 Å². The van der Waals surface area contributed by atoms with Crippen LogP contribution in [0.15, 0.2) is 298 Å². The summed E-state index contributed by atoms with van der Waals surface area (Å²) in [5.74, 6) is 1.69. The zero-order chi connectivity index (χ0) is 60.6. The second-order valence-corrected chi connectivity index (χ2v) is 24.9. The summed E-state index contributed by atoms with van der Waals surface area (Å²) in [6.45, 7) is 0. The normalized spacial score (nSPS) is 17.0. The van der Waals surface area contributed by atoms with Crippen molar-refractivity contribution in [3.8, 4) is 22.9 Å². The van der Waals surface area contributed by atoms with Gasteiger partial charge in [0.2, 0.25) is 0 Å². The molecule has 0 saturated carbocycles. The molecule has 0 radical (unpaired) electrons. The number of hydrogen-bond acceptors (Lipinski definition) is 7. The monoisotopic (exact) mass is 1200 g/mol. The van der Waals surface area contributed by atoms with Crippen LogP contribution in [-0.2, 0) is 0 Å². The molecular weight excluding hydrogens is 1140 g/mol. The number of furan rings is 3. The number of aromatic nitrogens is 2. The Bertz CT molecular complexity index is 6260. The number of nitrogens with zero attached hydrogens (tertiary/aromatic N) is 4. The van der Waals surface area contributed by atoms with Crippen LogP contribution in [0.25, 0.3) is 122 Å². The van der Waals surface area contributed by atoms with E-state index in [2.05, 4.69) is 298 Å². The van der Waals surface area contributed by atoms with Gasteiger partial charge in [-0.3, -0.25) is 0 Å². The summed E-state index contributed by atoms with van der Waals surface area (Å²) in [7, 11) is 0. The van der Waals surface area contributed by atoms with Gasteiger partial charge in [0.05, 0.1) is 56.4 Å². The van der Waals surface area contributed by atoms with E-state index in [0.29, 0.717) is 0 Å². The molecule has 2 aliphatic carbocycles. The van der Waals surface area contributed by atoms with E-state index >= 15 is 0 Å². The minimum Gasteiger partial charge on any atom is -0.485 e.